The van der Waals surface area contributed by atoms with Gasteiger partial charge in [0.2, 0.25) is 0 Å². The zero-order valence-electron chi connectivity index (χ0n) is 19.3. The first kappa shape index (κ1) is 23.2. The lowest BCUT2D eigenvalue weighted by Crippen LogP contribution is -2.38. The van der Waals surface area contributed by atoms with Crippen LogP contribution in [-0.2, 0) is 6.54 Å². The van der Waals surface area contributed by atoms with E-state index in [0.29, 0.717) is 22.7 Å². The second-order valence-electron chi connectivity index (χ2n) is 8.64. The average molecular weight is 458 g/mol. The standard InChI is InChI=1S/C26H27N5O3/c1-18-13-21(16-27)14-19(2)26(18)34-23-3-4-25(31(32)33)24(15-23)29-22-7-11-30(12-8-22)17-20-5-9-28-10-6-20/h3-6,9-10,13-15,22,29H,7-8,11-12,17H2,1-2H3. The number of nitriles is 1. The van der Waals surface area contributed by atoms with Crippen molar-refractivity contribution < 1.29 is 9.66 Å². The number of nitro groups is 1. The van der Waals surface area contributed by atoms with Gasteiger partial charge in [-0.2, -0.15) is 5.26 Å². The molecule has 1 fully saturated rings. The van der Waals surface area contributed by atoms with Crippen molar-refractivity contribution in [2.75, 3.05) is 18.4 Å². The average Bonchev–Trinajstić information content (AvgIpc) is 2.83. The van der Waals surface area contributed by atoms with Crippen molar-refractivity contribution >= 4 is 11.4 Å². The minimum Gasteiger partial charge on any atom is -0.457 e. The Morgan fingerprint density at radius 2 is 1.82 bits per heavy atom. The highest BCUT2D eigenvalue weighted by atomic mass is 16.6. The van der Waals surface area contributed by atoms with Crippen molar-refractivity contribution in [3.63, 3.8) is 0 Å². The Morgan fingerprint density at radius 3 is 2.44 bits per heavy atom. The van der Waals surface area contributed by atoms with E-state index in [1.165, 1.54) is 11.6 Å². The fourth-order valence-electron chi connectivity index (χ4n) is 4.35. The number of aryl methyl sites for hydroxylation is 2. The number of nitro benzene ring substituents is 1. The fraction of sp³-hybridized carbons (Fsp3) is 0.308. The highest BCUT2D eigenvalue weighted by Gasteiger charge is 2.23. The molecule has 1 saturated heterocycles. The summed E-state index contributed by atoms with van der Waals surface area (Å²) in [5, 5.41) is 24.2. The number of anilines is 1. The Hall–Kier alpha value is -3.96. The van der Waals surface area contributed by atoms with E-state index in [0.717, 1.165) is 43.6 Å². The van der Waals surface area contributed by atoms with Crippen LogP contribution < -0.4 is 10.1 Å². The maximum absolute atomic E-state index is 11.6. The summed E-state index contributed by atoms with van der Waals surface area (Å²) in [6, 6.07) is 14.7. The molecule has 0 atom stereocenters. The molecule has 8 heteroatoms. The Kier molecular flexibility index (Phi) is 7.04. The molecule has 0 saturated carbocycles. The van der Waals surface area contributed by atoms with Crippen LogP contribution in [0.3, 0.4) is 0 Å². The van der Waals surface area contributed by atoms with Gasteiger partial charge in [0, 0.05) is 50.2 Å². The van der Waals surface area contributed by atoms with Gasteiger partial charge in [-0.1, -0.05) is 0 Å². The first-order valence-corrected chi connectivity index (χ1v) is 11.3. The number of piperidine rings is 1. The molecule has 0 unspecified atom stereocenters. The predicted molar refractivity (Wildman–Crippen MR) is 130 cm³/mol. The molecule has 2 aromatic carbocycles. The minimum atomic E-state index is -0.372. The number of pyridine rings is 1. The van der Waals surface area contributed by atoms with Crippen LogP contribution in [0.15, 0.2) is 54.9 Å². The predicted octanol–water partition coefficient (Wildman–Crippen LogP) is 5.35. The summed E-state index contributed by atoms with van der Waals surface area (Å²) in [5.41, 5.74) is 3.97. The van der Waals surface area contributed by atoms with Gasteiger partial charge >= 0.3 is 0 Å². The van der Waals surface area contributed by atoms with Crippen LogP contribution in [0.4, 0.5) is 11.4 Å². The quantitative estimate of drug-likeness (QED) is 0.377. The summed E-state index contributed by atoms with van der Waals surface area (Å²) in [4.78, 5) is 17.7. The van der Waals surface area contributed by atoms with E-state index in [4.69, 9.17) is 10.00 Å². The van der Waals surface area contributed by atoms with Gasteiger partial charge in [-0.05, 0) is 73.7 Å². The van der Waals surface area contributed by atoms with E-state index in [-0.39, 0.29) is 16.7 Å². The van der Waals surface area contributed by atoms with E-state index < -0.39 is 0 Å². The normalized spacial score (nSPS) is 14.4. The number of rotatable bonds is 7. The van der Waals surface area contributed by atoms with Gasteiger partial charge in [0.25, 0.3) is 5.69 Å². The largest absolute Gasteiger partial charge is 0.457 e. The van der Waals surface area contributed by atoms with E-state index >= 15 is 0 Å². The topological polar surface area (TPSA) is 104 Å². The molecule has 3 aromatic rings. The number of nitrogens with one attached hydrogen (secondary N) is 1. The summed E-state index contributed by atoms with van der Waals surface area (Å²) in [7, 11) is 0. The van der Waals surface area contributed by atoms with Crippen molar-refractivity contribution in [2.24, 2.45) is 0 Å². The van der Waals surface area contributed by atoms with Gasteiger partial charge in [-0.15, -0.1) is 0 Å². The Bertz CT molecular complexity index is 1190. The summed E-state index contributed by atoms with van der Waals surface area (Å²) in [5.74, 6) is 1.17. The summed E-state index contributed by atoms with van der Waals surface area (Å²) < 4.78 is 6.10. The van der Waals surface area contributed by atoms with E-state index in [9.17, 15) is 10.1 Å². The molecule has 8 nitrogen and oxygen atoms in total. The molecular weight excluding hydrogens is 430 g/mol. The lowest BCUT2D eigenvalue weighted by Gasteiger charge is -2.32. The zero-order chi connectivity index (χ0) is 24.1. The SMILES string of the molecule is Cc1cc(C#N)cc(C)c1Oc1ccc([N+](=O)[O-])c(NC2CCN(Cc3ccncc3)CC2)c1. The molecule has 4 rings (SSSR count). The van der Waals surface area contributed by atoms with Crippen LogP contribution in [0.2, 0.25) is 0 Å². The number of ether oxygens (including phenoxy) is 1. The highest BCUT2D eigenvalue weighted by Crippen LogP contribution is 2.35. The van der Waals surface area contributed by atoms with Crippen LogP contribution in [0.1, 0.15) is 35.1 Å². The fourth-order valence-corrected chi connectivity index (χ4v) is 4.35. The van der Waals surface area contributed by atoms with Crippen molar-refractivity contribution in [1.29, 1.82) is 5.26 Å². The van der Waals surface area contributed by atoms with Crippen molar-refractivity contribution in [1.82, 2.24) is 9.88 Å². The Morgan fingerprint density at radius 1 is 1.15 bits per heavy atom. The molecule has 2 heterocycles. The smallest absolute Gasteiger partial charge is 0.292 e. The van der Waals surface area contributed by atoms with Crippen LogP contribution in [0, 0.1) is 35.3 Å². The van der Waals surface area contributed by atoms with Crippen LogP contribution in [-0.4, -0.2) is 33.9 Å². The van der Waals surface area contributed by atoms with E-state index in [1.807, 2.05) is 26.0 Å². The first-order chi connectivity index (χ1) is 16.4. The molecule has 34 heavy (non-hydrogen) atoms. The van der Waals surface area contributed by atoms with Gasteiger partial charge in [0.15, 0.2) is 0 Å². The van der Waals surface area contributed by atoms with Crippen molar-refractivity contribution in [3.8, 4) is 17.6 Å². The van der Waals surface area contributed by atoms with E-state index in [1.54, 1.807) is 36.7 Å². The zero-order valence-corrected chi connectivity index (χ0v) is 19.3. The molecular formula is C26H27N5O3. The van der Waals surface area contributed by atoms with Gasteiger partial charge in [-0.3, -0.25) is 20.0 Å². The summed E-state index contributed by atoms with van der Waals surface area (Å²) >= 11 is 0. The number of aromatic nitrogens is 1. The Balaban J connectivity index is 1.46. The minimum absolute atomic E-state index is 0.0276. The molecule has 0 spiro atoms. The molecule has 1 aliphatic rings. The molecule has 1 N–H and O–H groups in total. The maximum Gasteiger partial charge on any atom is 0.292 e. The van der Waals surface area contributed by atoms with Crippen LogP contribution >= 0.6 is 0 Å². The van der Waals surface area contributed by atoms with Crippen molar-refractivity contribution in [2.45, 2.75) is 39.3 Å². The summed E-state index contributed by atoms with van der Waals surface area (Å²) in [6.45, 7) is 6.46. The third kappa shape index (κ3) is 5.50. The number of likely N-dealkylation sites (tertiary alicyclic amines) is 1. The molecule has 174 valence electrons. The number of nitrogens with zero attached hydrogens (tertiary/aromatic N) is 4. The monoisotopic (exact) mass is 457 g/mol. The molecule has 1 aliphatic heterocycles. The van der Waals surface area contributed by atoms with Gasteiger partial charge in [-0.25, -0.2) is 0 Å². The number of hydrogen-bond acceptors (Lipinski definition) is 7. The third-order valence-corrected chi connectivity index (χ3v) is 6.08. The third-order valence-electron chi connectivity index (χ3n) is 6.08. The molecule has 1 aromatic heterocycles. The second kappa shape index (κ2) is 10.3. The molecule has 0 aliphatic carbocycles. The molecule has 0 bridgehead atoms. The van der Waals surface area contributed by atoms with E-state index in [2.05, 4.69) is 21.3 Å². The lowest BCUT2D eigenvalue weighted by atomic mass is 10.0. The van der Waals surface area contributed by atoms with Gasteiger partial charge < -0.3 is 10.1 Å². The molecule has 0 amide bonds. The number of benzene rings is 2. The summed E-state index contributed by atoms with van der Waals surface area (Å²) in [6.07, 6.45) is 5.39. The first-order valence-electron chi connectivity index (χ1n) is 11.3. The van der Waals surface area contributed by atoms with Crippen LogP contribution in [0.5, 0.6) is 11.5 Å². The van der Waals surface area contributed by atoms with Crippen LogP contribution in [0.25, 0.3) is 0 Å². The van der Waals surface area contributed by atoms with Crippen molar-refractivity contribution in [3.05, 3.63) is 87.2 Å². The Labute approximate surface area is 199 Å². The number of hydrogen-bond donors (Lipinski definition) is 1. The van der Waals surface area contributed by atoms with Gasteiger partial charge in [0.05, 0.1) is 16.6 Å². The lowest BCUT2D eigenvalue weighted by molar-refractivity contribution is -0.384. The van der Waals surface area contributed by atoms with Gasteiger partial charge in [0.1, 0.15) is 17.2 Å². The second-order valence-corrected chi connectivity index (χ2v) is 8.64. The maximum atomic E-state index is 11.6. The highest BCUT2D eigenvalue weighted by molar-refractivity contribution is 5.65. The molecule has 0 radical (unpaired) electrons.